The van der Waals surface area contributed by atoms with Crippen molar-refractivity contribution in [1.29, 1.82) is 0 Å². The monoisotopic (exact) mass is 452 g/mol. The number of amides is 1. The van der Waals surface area contributed by atoms with Gasteiger partial charge in [-0.15, -0.1) is 0 Å². The molecule has 3 N–H and O–H groups in total. The van der Waals surface area contributed by atoms with Crippen LogP contribution in [0.4, 0.5) is 5.69 Å². The van der Waals surface area contributed by atoms with Gasteiger partial charge in [0.25, 0.3) is 5.56 Å². The van der Waals surface area contributed by atoms with E-state index in [-0.39, 0.29) is 17.9 Å². The number of piperidine rings is 2. The van der Waals surface area contributed by atoms with Crippen molar-refractivity contribution < 1.29 is 19.3 Å². The number of rotatable bonds is 5. The van der Waals surface area contributed by atoms with Crippen LogP contribution in [0.1, 0.15) is 36.4 Å². The molecule has 1 amide bonds. The maximum Gasteiger partial charge on any atom is 0.274 e. The van der Waals surface area contributed by atoms with Crippen LogP contribution in [0.25, 0.3) is 0 Å². The highest BCUT2D eigenvalue weighted by molar-refractivity contribution is 5.92. The second kappa shape index (κ2) is 9.31. The highest BCUT2D eigenvalue weighted by Gasteiger charge is 2.41. The third kappa shape index (κ3) is 4.70. The molecule has 0 radical (unpaired) electrons. The summed E-state index contributed by atoms with van der Waals surface area (Å²) in [4.78, 5) is 29.3. The van der Waals surface area contributed by atoms with Crippen LogP contribution in [0.2, 0.25) is 0 Å². The van der Waals surface area contributed by atoms with Crippen molar-refractivity contribution in [3.63, 3.8) is 0 Å². The molecule has 7 nitrogen and oxygen atoms in total. The van der Waals surface area contributed by atoms with E-state index in [4.69, 9.17) is 4.74 Å². The van der Waals surface area contributed by atoms with Gasteiger partial charge in [-0.2, -0.15) is 0 Å². The molecule has 0 aliphatic carbocycles. The Morgan fingerprint density at radius 1 is 1.12 bits per heavy atom. The molecule has 0 saturated carbocycles. The summed E-state index contributed by atoms with van der Waals surface area (Å²) in [7, 11) is 3.92. The Balaban J connectivity index is 1.27. The molecule has 4 heterocycles. The summed E-state index contributed by atoms with van der Waals surface area (Å²) < 4.78 is 7.11. The van der Waals surface area contributed by atoms with Crippen LogP contribution in [0.5, 0.6) is 5.75 Å². The number of aromatic nitrogens is 1. The Morgan fingerprint density at radius 2 is 1.88 bits per heavy atom. The van der Waals surface area contributed by atoms with Gasteiger partial charge in [-0.1, -0.05) is 12.1 Å². The number of fused-ring (bicyclic) bond motifs is 4. The number of quaternary nitrogens is 2. The summed E-state index contributed by atoms with van der Waals surface area (Å²) in [5.74, 6) is 1.57. The fourth-order valence-corrected chi connectivity index (χ4v) is 6.17. The number of nitrogens with zero attached hydrogens (tertiary/aromatic N) is 1. The number of hydrogen-bond donors (Lipinski definition) is 3. The second-order valence-electron chi connectivity index (χ2n) is 10.3. The average Bonchev–Trinajstić information content (AvgIpc) is 2.82. The summed E-state index contributed by atoms with van der Waals surface area (Å²) >= 11 is 0. The first-order valence-corrected chi connectivity index (χ1v) is 12.3. The molecule has 2 aromatic rings. The lowest BCUT2D eigenvalue weighted by atomic mass is 9.82. The molecule has 3 aliphatic rings. The maximum atomic E-state index is 13.3. The molecule has 1 aromatic heterocycles. The standard InChI is InChI=1S/C26H34N4O3/c1-28-11-9-21(10-12-28)29-15-19-13-20(17-29)24-8-7-23(26(32)30(24)16-19)27-25(31)14-18-3-5-22(33-2)6-4-18/h3-8,19-21H,9-17H2,1-2H3,(H,27,31)/p+2/t19-,20+/m0/s1. The molecule has 0 spiro atoms. The first kappa shape index (κ1) is 22.2. The van der Waals surface area contributed by atoms with Crippen molar-refractivity contribution in [2.24, 2.45) is 5.92 Å². The van der Waals surface area contributed by atoms with Gasteiger partial charge in [0.15, 0.2) is 0 Å². The zero-order valence-electron chi connectivity index (χ0n) is 19.7. The van der Waals surface area contributed by atoms with Crippen LogP contribution in [-0.4, -0.2) is 56.9 Å². The van der Waals surface area contributed by atoms with E-state index in [1.807, 2.05) is 34.9 Å². The van der Waals surface area contributed by atoms with Gasteiger partial charge >= 0.3 is 0 Å². The van der Waals surface area contributed by atoms with Gasteiger partial charge in [-0.05, 0) is 36.2 Å². The number of hydrogen-bond acceptors (Lipinski definition) is 3. The number of benzene rings is 1. The lowest BCUT2D eigenvalue weighted by molar-refractivity contribution is -0.959. The summed E-state index contributed by atoms with van der Waals surface area (Å²) in [5.41, 5.74) is 2.37. The summed E-state index contributed by atoms with van der Waals surface area (Å²) in [6, 6.07) is 12.1. The highest BCUT2D eigenvalue weighted by Crippen LogP contribution is 2.31. The predicted octanol–water partition coefficient (Wildman–Crippen LogP) is -0.283. The number of nitrogens with one attached hydrogen (secondary N) is 3. The molecule has 3 atom stereocenters. The van der Waals surface area contributed by atoms with Crippen LogP contribution in [0.3, 0.4) is 0 Å². The Hall–Kier alpha value is -2.64. The van der Waals surface area contributed by atoms with Gasteiger partial charge in [-0.3, -0.25) is 9.59 Å². The Morgan fingerprint density at radius 3 is 2.61 bits per heavy atom. The van der Waals surface area contributed by atoms with E-state index in [2.05, 4.69) is 18.4 Å². The Bertz CT molecular complexity index is 1060. The number of carbonyl (C=O) groups is 1. The molecule has 2 fully saturated rings. The summed E-state index contributed by atoms with van der Waals surface area (Å²) in [6.07, 6.45) is 4.04. The van der Waals surface area contributed by atoms with E-state index in [0.29, 0.717) is 17.5 Å². The van der Waals surface area contributed by atoms with E-state index in [1.54, 1.807) is 16.9 Å². The van der Waals surface area contributed by atoms with Gasteiger partial charge in [0.1, 0.15) is 11.4 Å². The number of pyridine rings is 1. The third-order valence-electron chi connectivity index (χ3n) is 7.96. The molecule has 1 aromatic carbocycles. The van der Waals surface area contributed by atoms with Crippen molar-refractivity contribution in [3.8, 4) is 5.75 Å². The van der Waals surface area contributed by atoms with Crippen molar-refractivity contribution >= 4 is 11.6 Å². The van der Waals surface area contributed by atoms with Crippen molar-refractivity contribution in [3.05, 3.63) is 58.0 Å². The minimum atomic E-state index is -0.172. The molecule has 5 rings (SSSR count). The quantitative estimate of drug-likeness (QED) is 0.585. The zero-order chi connectivity index (χ0) is 22.9. The molecule has 2 bridgehead atoms. The van der Waals surface area contributed by atoms with Gasteiger partial charge in [0.05, 0.1) is 52.8 Å². The van der Waals surface area contributed by atoms with E-state index in [9.17, 15) is 9.59 Å². The highest BCUT2D eigenvalue weighted by atomic mass is 16.5. The SMILES string of the molecule is COc1ccc(CC(=O)Nc2ccc3n(c2=O)C[C@H]2C[C@@H]3C[NH+](C3CC[NH+](C)CC3)C2)cc1. The van der Waals surface area contributed by atoms with Gasteiger partial charge in [0.2, 0.25) is 5.91 Å². The molecule has 3 aliphatic heterocycles. The summed E-state index contributed by atoms with van der Waals surface area (Å²) in [6.45, 7) is 5.62. The zero-order valence-corrected chi connectivity index (χ0v) is 19.7. The van der Waals surface area contributed by atoms with E-state index in [0.717, 1.165) is 36.1 Å². The average molecular weight is 453 g/mol. The lowest BCUT2D eigenvalue weighted by Gasteiger charge is -2.44. The second-order valence-corrected chi connectivity index (χ2v) is 10.3. The smallest absolute Gasteiger partial charge is 0.274 e. The Kier molecular flexibility index (Phi) is 6.25. The number of likely N-dealkylation sites (tertiary alicyclic amines) is 2. The lowest BCUT2D eigenvalue weighted by Crippen LogP contribution is -3.21. The first-order chi connectivity index (χ1) is 16.0. The largest absolute Gasteiger partial charge is 0.497 e. The van der Waals surface area contributed by atoms with Crippen molar-refractivity contribution in [1.82, 2.24) is 4.57 Å². The third-order valence-corrected chi connectivity index (χ3v) is 7.96. The molecule has 1 unspecified atom stereocenters. The first-order valence-electron chi connectivity index (χ1n) is 12.3. The molecular formula is C26H36N4O3+2. The van der Waals surface area contributed by atoms with Crippen LogP contribution in [0, 0.1) is 5.92 Å². The van der Waals surface area contributed by atoms with Crippen LogP contribution >= 0.6 is 0 Å². The molecular weight excluding hydrogens is 416 g/mol. The minimum absolute atomic E-state index is 0.0587. The Labute approximate surface area is 195 Å². The van der Waals surface area contributed by atoms with E-state index >= 15 is 0 Å². The number of ether oxygens (including phenoxy) is 1. The normalized spacial score (nSPS) is 28.6. The van der Waals surface area contributed by atoms with E-state index in [1.165, 1.54) is 38.9 Å². The number of methoxy groups -OCH3 is 1. The number of anilines is 1. The molecule has 33 heavy (non-hydrogen) atoms. The van der Waals surface area contributed by atoms with Crippen molar-refractivity contribution in [2.75, 3.05) is 45.7 Å². The van der Waals surface area contributed by atoms with Gasteiger partial charge in [0, 0.05) is 36.9 Å². The van der Waals surface area contributed by atoms with Crippen molar-refractivity contribution in [2.45, 2.75) is 44.2 Å². The van der Waals surface area contributed by atoms with Crippen LogP contribution in [-0.2, 0) is 17.8 Å². The van der Waals surface area contributed by atoms with Gasteiger partial charge in [-0.25, -0.2) is 0 Å². The maximum absolute atomic E-state index is 13.3. The number of carbonyl (C=O) groups excluding carboxylic acids is 1. The van der Waals surface area contributed by atoms with Crippen LogP contribution < -0.4 is 25.4 Å². The van der Waals surface area contributed by atoms with Gasteiger partial charge < -0.3 is 24.4 Å². The molecule has 2 saturated heterocycles. The topological polar surface area (TPSA) is 69.2 Å². The molecule has 176 valence electrons. The minimum Gasteiger partial charge on any atom is -0.497 e. The summed E-state index contributed by atoms with van der Waals surface area (Å²) in [5, 5.41) is 2.86. The van der Waals surface area contributed by atoms with E-state index < -0.39 is 0 Å². The fourth-order valence-electron chi connectivity index (χ4n) is 6.17. The predicted molar refractivity (Wildman–Crippen MR) is 127 cm³/mol. The van der Waals surface area contributed by atoms with Crippen LogP contribution in [0.15, 0.2) is 41.2 Å². The fraction of sp³-hybridized carbons (Fsp3) is 0.538. The molecule has 7 heteroatoms.